The van der Waals surface area contributed by atoms with Crippen molar-refractivity contribution in [1.82, 2.24) is 24.5 Å². The molecule has 0 saturated carbocycles. The van der Waals surface area contributed by atoms with E-state index >= 15 is 0 Å². The van der Waals surface area contributed by atoms with E-state index in [0.717, 1.165) is 18.6 Å². The second-order valence-electron chi connectivity index (χ2n) is 7.65. The summed E-state index contributed by atoms with van der Waals surface area (Å²) in [6, 6.07) is 6.72. The van der Waals surface area contributed by atoms with Crippen molar-refractivity contribution in [3.63, 3.8) is 0 Å². The van der Waals surface area contributed by atoms with E-state index in [1.165, 1.54) is 16.8 Å². The van der Waals surface area contributed by atoms with Gasteiger partial charge in [-0.15, -0.1) is 5.10 Å². The van der Waals surface area contributed by atoms with E-state index < -0.39 is 11.7 Å². The summed E-state index contributed by atoms with van der Waals surface area (Å²) in [6.07, 6.45) is -2.12. The van der Waals surface area contributed by atoms with Crippen LogP contribution in [-0.2, 0) is 11.0 Å². The Kier molecular flexibility index (Phi) is 5.55. The molecule has 1 fully saturated rings. The first-order valence-electron chi connectivity index (χ1n) is 10.2. The Morgan fingerprint density at radius 3 is 2.58 bits per heavy atom. The second kappa shape index (κ2) is 8.16. The van der Waals surface area contributed by atoms with Crippen LogP contribution in [0.2, 0.25) is 0 Å². The number of halogens is 3. The van der Waals surface area contributed by atoms with Crippen LogP contribution in [0.25, 0.3) is 17.0 Å². The highest BCUT2D eigenvalue weighted by molar-refractivity contribution is 5.78. The van der Waals surface area contributed by atoms with Crippen LogP contribution >= 0.6 is 0 Å². The second-order valence-corrected chi connectivity index (χ2v) is 7.65. The summed E-state index contributed by atoms with van der Waals surface area (Å²) in [5, 5.41) is 4.51. The van der Waals surface area contributed by atoms with Crippen LogP contribution in [-0.4, -0.2) is 56.6 Å². The van der Waals surface area contributed by atoms with Crippen LogP contribution in [0.4, 0.5) is 19.1 Å². The molecule has 164 valence electrons. The minimum Gasteiger partial charge on any atom is -0.339 e. The molecule has 0 aliphatic carbocycles. The van der Waals surface area contributed by atoms with Crippen LogP contribution in [0, 0.1) is 5.92 Å². The van der Waals surface area contributed by atoms with Crippen LogP contribution in [0.1, 0.15) is 25.8 Å². The Morgan fingerprint density at radius 1 is 1.16 bits per heavy atom. The highest BCUT2D eigenvalue weighted by Crippen LogP contribution is 2.32. The molecule has 10 heteroatoms. The van der Waals surface area contributed by atoms with E-state index in [2.05, 4.69) is 15.1 Å². The highest BCUT2D eigenvalue weighted by Gasteiger charge is 2.31. The van der Waals surface area contributed by atoms with Gasteiger partial charge in [0.2, 0.25) is 11.9 Å². The molecular weight excluding hydrogens is 409 g/mol. The van der Waals surface area contributed by atoms with Gasteiger partial charge in [-0.05, 0) is 24.6 Å². The van der Waals surface area contributed by atoms with Crippen molar-refractivity contribution in [1.29, 1.82) is 0 Å². The van der Waals surface area contributed by atoms with Crippen molar-refractivity contribution in [2.45, 2.75) is 26.4 Å². The number of benzene rings is 1. The molecule has 1 saturated heterocycles. The Bertz CT molecular complexity index is 1090. The number of anilines is 1. The summed E-state index contributed by atoms with van der Waals surface area (Å²) in [5.74, 6) is 0.906. The van der Waals surface area contributed by atoms with Gasteiger partial charge in [-0.25, -0.2) is 4.98 Å². The van der Waals surface area contributed by atoms with Gasteiger partial charge in [-0.3, -0.25) is 4.79 Å². The maximum atomic E-state index is 13.1. The summed E-state index contributed by atoms with van der Waals surface area (Å²) < 4.78 is 40.8. The number of piperazine rings is 1. The highest BCUT2D eigenvalue weighted by atomic mass is 19.4. The molecule has 7 nitrogen and oxygen atoms in total. The number of rotatable bonds is 4. The van der Waals surface area contributed by atoms with Gasteiger partial charge in [-0.2, -0.15) is 22.7 Å². The summed E-state index contributed by atoms with van der Waals surface area (Å²) in [7, 11) is 0. The number of carbonyl (C=O) groups is 1. The minimum atomic E-state index is -4.43. The normalized spacial score (nSPS) is 16.0. The number of hydrogen-bond acceptors (Lipinski definition) is 5. The molecule has 1 aromatic carbocycles. The Balaban J connectivity index is 1.59. The molecule has 0 N–H and O–H groups in total. The third-order valence-corrected chi connectivity index (χ3v) is 5.62. The van der Waals surface area contributed by atoms with Gasteiger partial charge >= 0.3 is 6.18 Å². The van der Waals surface area contributed by atoms with E-state index in [0.29, 0.717) is 49.2 Å². The molecule has 3 heterocycles. The summed E-state index contributed by atoms with van der Waals surface area (Å²) in [5.41, 5.74) is 0.125. The van der Waals surface area contributed by atoms with Crippen molar-refractivity contribution in [3.8, 4) is 11.3 Å². The lowest BCUT2D eigenvalue weighted by molar-refractivity contribution is -0.137. The van der Waals surface area contributed by atoms with Crippen LogP contribution in [0.15, 0.2) is 36.5 Å². The summed E-state index contributed by atoms with van der Waals surface area (Å²) >= 11 is 0. The minimum absolute atomic E-state index is 0.000844. The molecule has 1 atom stereocenters. The number of hydrogen-bond donors (Lipinski definition) is 0. The van der Waals surface area contributed by atoms with E-state index in [-0.39, 0.29) is 11.8 Å². The topological polar surface area (TPSA) is 66.6 Å². The number of nitrogens with zero attached hydrogens (tertiary/aromatic N) is 6. The first kappa shape index (κ1) is 21.1. The Morgan fingerprint density at radius 2 is 1.90 bits per heavy atom. The summed E-state index contributed by atoms with van der Waals surface area (Å²) in [4.78, 5) is 24.9. The molecule has 0 bridgehead atoms. The van der Waals surface area contributed by atoms with Crippen molar-refractivity contribution < 1.29 is 18.0 Å². The third kappa shape index (κ3) is 4.19. The van der Waals surface area contributed by atoms with Crippen LogP contribution < -0.4 is 4.90 Å². The fraction of sp³-hybridized carbons (Fsp3) is 0.429. The molecule has 0 radical (unpaired) electrons. The zero-order chi connectivity index (χ0) is 22.2. The Hall–Kier alpha value is -3.17. The number of aromatic nitrogens is 4. The maximum absolute atomic E-state index is 13.1. The number of amides is 1. The van der Waals surface area contributed by atoms with Gasteiger partial charge in [0, 0.05) is 43.9 Å². The van der Waals surface area contributed by atoms with Crippen molar-refractivity contribution >= 4 is 17.6 Å². The average Bonchev–Trinajstić information content (AvgIpc) is 3.22. The third-order valence-electron chi connectivity index (χ3n) is 5.62. The number of alkyl halides is 3. The van der Waals surface area contributed by atoms with Gasteiger partial charge in [0.05, 0.1) is 11.3 Å². The maximum Gasteiger partial charge on any atom is 0.416 e. The predicted octanol–water partition coefficient (Wildman–Crippen LogP) is 3.50. The summed E-state index contributed by atoms with van der Waals surface area (Å²) in [6.45, 7) is 6.24. The number of fused-ring (bicyclic) bond motifs is 1. The van der Waals surface area contributed by atoms with E-state index in [4.69, 9.17) is 0 Å². The number of carbonyl (C=O) groups excluding carboxylic acids is 1. The average molecular weight is 432 g/mol. The molecule has 1 aliphatic rings. The molecular formula is C21H23F3N6O. The molecule has 2 aromatic heterocycles. The van der Waals surface area contributed by atoms with Gasteiger partial charge < -0.3 is 9.80 Å². The molecule has 0 spiro atoms. The van der Waals surface area contributed by atoms with E-state index in [1.54, 1.807) is 12.1 Å². The monoisotopic (exact) mass is 432 g/mol. The zero-order valence-electron chi connectivity index (χ0n) is 17.3. The first-order valence-corrected chi connectivity index (χ1v) is 10.2. The van der Waals surface area contributed by atoms with Gasteiger partial charge in [0.1, 0.15) is 0 Å². The fourth-order valence-electron chi connectivity index (χ4n) is 3.60. The lowest BCUT2D eigenvalue weighted by Crippen LogP contribution is -2.50. The van der Waals surface area contributed by atoms with Gasteiger partial charge in [-0.1, -0.05) is 26.0 Å². The van der Waals surface area contributed by atoms with E-state index in [9.17, 15) is 18.0 Å². The lowest BCUT2D eigenvalue weighted by Gasteiger charge is -2.35. The SMILES string of the molecule is CCC(C)C(=O)N1CCN(c2nc3nccc(-c4cccc(C(F)(F)F)c4)n3n2)CC1. The largest absolute Gasteiger partial charge is 0.416 e. The molecule has 3 aromatic rings. The van der Waals surface area contributed by atoms with Crippen molar-refractivity contribution in [2.75, 3.05) is 31.1 Å². The standard InChI is InChI=1S/C21H23F3N6O/c1-3-14(2)18(31)28-9-11-29(12-10-28)20-26-19-25-8-7-17(30(19)27-20)15-5-4-6-16(13-15)21(22,23)24/h4-8,13-14H,3,9-12H2,1-2H3. The van der Waals surface area contributed by atoms with Crippen LogP contribution in [0.5, 0.6) is 0 Å². The van der Waals surface area contributed by atoms with Crippen molar-refractivity contribution in [3.05, 3.63) is 42.1 Å². The quantitative estimate of drug-likeness (QED) is 0.631. The van der Waals surface area contributed by atoms with E-state index in [1.807, 2.05) is 23.6 Å². The smallest absolute Gasteiger partial charge is 0.339 e. The lowest BCUT2D eigenvalue weighted by atomic mass is 10.1. The molecule has 1 aliphatic heterocycles. The van der Waals surface area contributed by atoms with Crippen molar-refractivity contribution in [2.24, 2.45) is 5.92 Å². The Labute approximate surface area is 177 Å². The van der Waals surface area contributed by atoms with Gasteiger partial charge in [0.25, 0.3) is 5.78 Å². The van der Waals surface area contributed by atoms with Crippen LogP contribution in [0.3, 0.4) is 0 Å². The first-order chi connectivity index (χ1) is 14.8. The van der Waals surface area contributed by atoms with Gasteiger partial charge in [0.15, 0.2) is 0 Å². The molecule has 31 heavy (non-hydrogen) atoms. The molecule has 4 rings (SSSR count). The zero-order valence-corrected chi connectivity index (χ0v) is 17.3. The fourth-order valence-corrected chi connectivity index (χ4v) is 3.60. The predicted molar refractivity (Wildman–Crippen MR) is 109 cm³/mol. The molecule has 1 amide bonds. The molecule has 1 unspecified atom stereocenters.